The molecule has 0 spiro atoms. The van der Waals surface area contributed by atoms with Crippen LogP contribution in [0.5, 0.6) is 5.75 Å². The van der Waals surface area contributed by atoms with Crippen molar-refractivity contribution in [2.45, 2.75) is 6.54 Å². The monoisotopic (exact) mass is 339 g/mol. The van der Waals surface area contributed by atoms with Crippen molar-refractivity contribution in [2.24, 2.45) is 0 Å². The van der Waals surface area contributed by atoms with Crippen LogP contribution in [-0.2, 0) is 16.1 Å². The third-order valence-corrected chi connectivity index (χ3v) is 3.19. The number of furan rings is 1. The van der Waals surface area contributed by atoms with E-state index in [0.717, 1.165) is 0 Å². The van der Waals surface area contributed by atoms with E-state index in [2.05, 4.69) is 10.6 Å². The highest BCUT2D eigenvalue weighted by molar-refractivity contribution is 6.01. The highest BCUT2D eigenvalue weighted by Crippen LogP contribution is 2.14. The molecule has 7 nitrogen and oxygen atoms in total. The van der Waals surface area contributed by atoms with Crippen LogP contribution in [0.25, 0.3) is 6.08 Å². The number of nitrogens with one attached hydrogen (secondary N) is 2. The van der Waals surface area contributed by atoms with Gasteiger partial charge in [0, 0.05) is 7.05 Å². The van der Waals surface area contributed by atoms with Crippen LogP contribution in [0.15, 0.2) is 52.7 Å². The molecule has 2 amide bonds. The van der Waals surface area contributed by atoms with Crippen LogP contribution in [0.1, 0.15) is 11.3 Å². The second-order valence-electron chi connectivity index (χ2n) is 4.96. The average molecular weight is 339 g/mol. The summed E-state index contributed by atoms with van der Waals surface area (Å²) in [5.74, 6) is 0.445. The number of amides is 2. The van der Waals surface area contributed by atoms with Crippen molar-refractivity contribution in [3.05, 3.63) is 59.6 Å². The smallest absolute Gasteiger partial charge is 0.261 e. The van der Waals surface area contributed by atoms with E-state index in [1.54, 1.807) is 36.4 Å². The van der Waals surface area contributed by atoms with Gasteiger partial charge in [-0.3, -0.25) is 9.59 Å². The third-order valence-electron chi connectivity index (χ3n) is 3.19. The standard InChI is InChI=1S/C18H17N3O4/c1-20-18(23)14(10-19)9-13-4-6-15(7-5-13)25-12-17(22)21-11-16-3-2-8-24-16/h2-9H,11-12H2,1H3,(H,20,23)(H,21,22)/b14-9+. The van der Waals surface area contributed by atoms with Crippen molar-refractivity contribution < 1.29 is 18.7 Å². The van der Waals surface area contributed by atoms with Crippen LogP contribution in [0.4, 0.5) is 0 Å². The number of likely N-dealkylation sites (N-methyl/N-ethyl adjacent to an activating group) is 1. The van der Waals surface area contributed by atoms with Gasteiger partial charge in [-0.05, 0) is 35.9 Å². The summed E-state index contributed by atoms with van der Waals surface area (Å²) in [5.41, 5.74) is 0.684. The molecule has 0 aliphatic carbocycles. The lowest BCUT2D eigenvalue weighted by molar-refractivity contribution is -0.123. The Morgan fingerprint density at radius 1 is 1.28 bits per heavy atom. The zero-order chi connectivity index (χ0) is 18.1. The molecule has 2 rings (SSSR count). The first-order valence-corrected chi connectivity index (χ1v) is 7.48. The van der Waals surface area contributed by atoms with Crippen molar-refractivity contribution in [3.8, 4) is 11.8 Å². The topological polar surface area (TPSA) is 104 Å². The average Bonchev–Trinajstić information content (AvgIpc) is 3.16. The summed E-state index contributed by atoms with van der Waals surface area (Å²) in [6, 6.07) is 12.0. The van der Waals surface area contributed by atoms with Gasteiger partial charge in [-0.1, -0.05) is 12.1 Å². The van der Waals surface area contributed by atoms with Crippen LogP contribution in [0.2, 0.25) is 0 Å². The molecule has 0 radical (unpaired) electrons. The molecule has 1 aromatic carbocycles. The number of benzene rings is 1. The SMILES string of the molecule is CNC(=O)/C(C#N)=C/c1ccc(OCC(=O)NCc2ccco2)cc1. The fraction of sp³-hybridized carbons (Fsp3) is 0.167. The van der Waals surface area contributed by atoms with Crippen LogP contribution in [0, 0.1) is 11.3 Å². The maximum absolute atomic E-state index is 11.7. The molecule has 1 aromatic heterocycles. The van der Waals surface area contributed by atoms with E-state index >= 15 is 0 Å². The molecule has 25 heavy (non-hydrogen) atoms. The lowest BCUT2D eigenvalue weighted by Crippen LogP contribution is -2.28. The summed E-state index contributed by atoms with van der Waals surface area (Å²) in [6.45, 7) is 0.174. The molecule has 0 fully saturated rings. The first kappa shape index (κ1) is 17.8. The molecule has 2 N–H and O–H groups in total. The lowest BCUT2D eigenvalue weighted by Gasteiger charge is -2.07. The number of nitriles is 1. The molecule has 7 heteroatoms. The van der Waals surface area contributed by atoms with Crippen LogP contribution in [0.3, 0.4) is 0 Å². The van der Waals surface area contributed by atoms with E-state index in [9.17, 15) is 9.59 Å². The van der Waals surface area contributed by atoms with E-state index in [0.29, 0.717) is 23.6 Å². The Labute approximate surface area is 144 Å². The Morgan fingerprint density at radius 2 is 2.04 bits per heavy atom. The van der Waals surface area contributed by atoms with E-state index in [1.165, 1.54) is 19.4 Å². The van der Waals surface area contributed by atoms with E-state index in [-0.39, 0.29) is 18.1 Å². The maximum atomic E-state index is 11.7. The Kier molecular flexibility index (Phi) is 6.37. The van der Waals surface area contributed by atoms with Crippen molar-refractivity contribution >= 4 is 17.9 Å². The van der Waals surface area contributed by atoms with Gasteiger partial charge in [0.1, 0.15) is 23.2 Å². The molecule has 0 saturated heterocycles. The largest absolute Gasteiger partial charge is 0.484 e. The van der Waals surface area contributed by atoms with Crippen LogP contribution < -0.4 is 15.4 Å². The molecule has 0 unspecified atom stereocenters. The van der Waals surface area contributed by atoms with Gasteiger partial charge < -0.3 is 19.8 Å². The normalized spacial score (nSPS) is 10.6. The first-order chi connectivity index (χ1) is 12.1. The molecule has 0 bridgehead atoms. The predicted molar refractivity (Wildman–Crippen MR) is 90.1 cm³/mol. The molecule has 0 aliphatic heterocycles. The number of rotatable bonds is 7. The minimum Gasteiger partial charge on any atom is -0.484 e. The van der Waals surface area contributed by atoms with Gasteiger partial charge in [-0.2, -0.15) is 5.26 Å². The number of nitrogens with zero attached hydrogens (tertiary/aromatic N) is 1. The van der Waals surface area contributed by atoms with Crippen LogP contribution in [-0.4, -0.2) is 25.5 Å². The molecule has 0 atom stereocenters. The first-order valence-electron chi connectivity index (χ1n) is 7.48. The van der Waals surface area contributed by atoms with Gasteiger partial charge in [0.25, 0.3) is 11.8 Å². The second kappa shape index (κ2) is 8.93. The quantitative estimate of drug-likeness (QED) is 0.589. The fourth-order valence-electron chi connectivity index (χ4n) is 1.91. The van der Waals surface area contributed by atoms with Crippen molar-refractivity contribution in [1.82, 2.24) is 10.6 Å². The zero-order valence-electron chi connectivity index (χ0n) is 13.6. The number of hydrogen-bond donors (Lipinski definition) is 2. The zero-order valence-corrected chi connectivity index (χ0v) is 13.6. The summed E-state index contributed by atoms with van der Waals surface area (Å²) < 4.78 is 10.5. The van der Waals surface area contributed by atoms with Gasteiger partial charge in [0.05, 0.1) is 12.8 Å². The molecular weight excluding hydrogens is 322 g/mol. The summed E-state index contributed by atoms with van der Waals surface area (Å²) in [4.78, 5) is 23.2. The maximum Gasteiger partial charge on any atom is 0.261 e. The third kappa shape index (κ3) is 5.55. The lowest BCUT2D eigenvalue weighted by atomic mass is 10.1. The molecule has 1 heterocycles. The highest BCUT2D eigenvalue weighted by Gasteiger charge is 2.07. The van der Waals surface area contributed by atoms with Gasteiger partial charge in [0.2, 0.25) is 0 Å². The number of hydrogen-bond acceptors (Lipinski definition) is 5. The second-order valence-corrected chi connectivity index (χ2v) is 4.96. The fourth-order valence-corrected chi connectivity index (χ4v) is 1.91. The molecule has 0 saturated carbocycles. The van der Waals surface area contributed by atoms with Crippen LogP contribution >= 0.6 is 0 Å². The van der Waals surface area contributed by atoms with Crippen molar-refractivity contribution in [1.29, 1.82) is 5.26 Å². The number of carbonyl (C=O) groups excluding carboxylic acids is 2. The van der Waals surface area contributed by atoms with E-state index < -0.39 is 5.91 Å². The van der Waals surface area contributed by atoms with Gasteiger partial charge in [0.15, 0.2) is 6.61 Å². The van der Waals surface area contributed by atoms with Gasteiger partial charge in [-0.15, -0.1) is 0 Å². The van der Waals surface area contributed by atoms with Crippen molar-refractivity contribution in [3.63, 3.8) is 0 Å². The minimum absolute atomic E-state index is 0.00784. The van der Waals surface area contributed by atoms with Crippen molar-refractivity contribution in [2.75, 3.05) is 13.7 Å². The van der Waals surface area contributed by atoms with Gasteiger partial charge >= 0.3 is 0 Å². The Bertz CT molecular complexity index is 787. The Balaban J connectivity index is 1.85. The van der Waals surface area contributed by atoms with E-state index in [1.807, 2.05) is 6.07 Å². The predicted octanol–water partition coefficient (Wildman–Crippen LogP) is 1.63. The molecule has 2 aromatic rings. The summed E-state index contributed by atoms with van der Waals surface area (Å²) in [5, 5.41) is 14.0. The summed E-state index contributed by atoms with van der Waals surface area (Å²) in [7, 11) is 1.46. The van der Waals surface area contributed by atoms with E-state index in [4.69, 9.17) is 14.4 Å². The summed E-state index contributed by atoms with van der Waals surface area (Å²) in [6.07, 6.45) is 3.01. The highest BCUT2D eigenvalue weighted by atomic mass is 16.5. The number of ether oxygens (including phenoxy) is 1. The Hall–Kier alpha value is -3.53. The summed E-state index contributed by atoms with van der Waals surface area (Å²) >= 11 is 0. The number of carbonyl (C=O) groups is 2. The molecular formula is C18H17N3O4. The van der Waals surface area contributed by atoms with Gasteiger partial charge in [-0.25, -0.2) is 0 Å². The molecule has 128 valence electrons. The Morgan fingerprint density at radius 3 is 2.64 bits per heavy atom. The minimum atomic E-state index is -0.448. The molecule has 0 aliphatic rings.